The van der Waals surface area contributed by atoms with Gasteiger partial charge in [0.1, 0.15) is 23.1 Å². The molecule has 1 unspecified atom stereocenters. The molecule has 8 heteroatoms. The number of hydrogen-bond donors (Lipinski definition) is 2. The summed E-state index contributed by atoms with van der Waals surface area (Å²) in [6.45, 7) is 3.97. The van der Waals surface area contributed by atoms with Crippen LogP contribution < -0.4 is 10.6 Å². The third-order valence-electron chi connectivity index (χ3n) is 4.53. The molecule has 0 saturated carbocycles. The number of para-hydroxylation sites is 1. The molecule has 0 spiro atoms. The van der Waals surface area contributed by atoms with E-state index in [1.807, 2.05) is 0 Å². The van der Waals surface area contributed by atoms with Crippen LogP contribution in [0.15, 0.2) is 42.5 Å². The lowest BCUT2D eigenvalue weighted by Gasteiger charge is -2.26. The smallest absolute Gasteiger partial charge is 0.238 e. The number of carbonyl (C=O) groups excluding carboxylic acids is 2. The van der Waals surface area contributed by atoms with Crippen molar-refractivity contribution in [2.45, 2.75) is 26.3 Å². The minimum absolute atomic E-state index is 0.198. The maximum absolute atomic E-state index is 13.7. The number of nitrogens with zero attached hydrogens (tertiary/aromatic N) is 1. The van der Waals surface area contributed by atoms with Gasteiger partial charge in [-0.3, -0.25) is 14.5 Å². The van der Waals surface area contributed by atoms with Gasteiger partial charge < -0.3 is 10.6 Å². The molecule has 0 radical (unpaired) electrons. The van der Waals surface area contributed by atoms with Crippen LogP contribution in [0, 0.1) is 17.5 Å². The lowest BCUT2D eigenvalue weighted by Crippen LogP contribution is -2.48. The second-order valence-electron chi connectivity index (χ2n) is 6.55. The van der Waals surface area contributed by atoms with Gasteiger partial charge in [-0.2, -0.15) is 0 Å². The third-order valence-corrected chi connectivity index (χ3v) is 4.53. The second kappa shape index (κ2) is 10.6. The number of nitrogens with one attached hydrogen (secondary N) is 2. The summed E-state index contributed by atoms with van der Waals surface area (Å²) >= 11 is 0. The Kier molecular flexibility index (Phi) is 8.21. The highest BCUT2D eigenvalue weighted by atomic mass is 19.1. The van der Waals surface area contributed by atoms with E-state index in [0.717, 1.165) is 17.7 Å². The summed E-state index contributed by atoms with van der Waals surface area (Å²) in [5.41, 5.74) is 0.378. The van der Waals surface area contributed by atoms with Gasteiger partial charge in [0.05, 0.1) is 12.6 Å². The summed E-state index contributed by atoms with van der Waals surface area (Å²) in [5.74, 6) is -2.96. The zero-order valence-electron chi connectivity index (χ0n) is 16.3. The van der Waals surface area contributed by atoms with Gasteiger partial charge in [-0.1, -0.05) is 25.1 Å². The molecule has 0 aliphatic heterocycles. The Morgan fingerprint density at radius 2 is 1.66 bits per heavy atom. The number of benzene rings is 2. The molecule has 0 fully saturated rings. The number of amides is 2. The first kappa shape index (κ1) is 22.4. The van der Waals surface area contributed by atoms with Crippen molar-refractivity contribution in [2.75, 3.05) is 25.0 Å². The Hall–Kier alpha value is -2.87. The molecule has 5 nitrogen and oxygen atoms in total. The lowest BCUT2D eigenvalue weighted by molar-refractivity contribution is -0.127. The molecule has 2 rings (SSSR count). The zero-order chi connectivity index (χ0) is 21.4. The van der Waals surface area contributed by atoms with E-state index in [4.69, 9.17) is 0 Å². The van der Waals surface area contributed by atoms with E-state index in [0.29, 0.717) is 19.5 Å². The predicted octanol–water partition coefficient (Wildman–Crippen LogP) is 3.11. The fraction of sp³-hybridized carbons (Fsp3) is 0.333. The molecule has 2 aromatic rings. The van der Waals surface area contributed by atoms with Gasteiger partial charge in [0, 0.05) is 6.54 Å². The van der Waals surface area contributed by atoms with Crippen molar-refractivity contribution >= 4 is 17.5 Å². The summed E-state index contributed by atoms with van der Waals surface area (Å²) in [6, 6.07) is 8.69. The van der Waals surface area contributed by atoms with E-state index in [-0.39, 0.29) is 18.3 Å². The molecule has 156 valence electrons. The number of anilines is 1. The molecule has 1 atom stereocenters. The topological polar surface area (TPSA) is 61.4 Å². The minimum atomic E-state index is -0.868. The summed E-state index contributed by atoms with van der Waals surface area (Å²) in [4.78, 5) is 26.1. The number of halogens is 3. The average Bonchev–Trinajstić information content (AvgIpc) is 2.70. The Morgan fingerprint density at radius 1 is 1.03 bits per heavy atom. The minimum Gasteiger partial charge on any atom is -0.354 e. The van der Waals surface area contributed by atoms with Crippen molar-refractivity contribution in [2.24, 2.45) is 0 Å². The van der Waals surface area contributed by atoms with Gasteiger partial charge >= 0.3 is 0 Å². The molecule has 2 aromatic carbocycles. The molecule has 0 aliphatic carbocycles. The highest BCUT2D eigenvalue weighted by molar-refractivity contribution is 5.93. The van der Waals surface area contributed by atoms with Crippen LogP contribution in [0.5, 0.6) is 0 Å². The maximum Gasteiger partial charge on any atom is 0.238 e. The van der Waals surface area contributed by atoms with Crippen LogP contribution in [-0.2, 0) is 16.0 Å². The van der Waals surface area contributed by atoms with E-state index < -0.39 is 29.3 Å². The normalized spacial score (nSPS) is 11.9. The standard InChI is InChI=1S/C21H24F3N3O2/c1-3-27(13-19(28)26-20-17(23)5-4-6-18(20)24)14(2)21(29)25-12-11-15-7-9-16(22)10-8-15/h4-10,14H,3,11-13H2,1-2H3,(H,25,29)(H,26,28). The quantitative estimate of drug-likeness (QED) is 0.672. The van der Waals surface area contributed by atoms with Gasteiger partial charge in [0.15, 0.2) is 0 Å². The van der Waals surface area contributed by atoms with Gasteiger partial charge in [-0.15, -0.1) is 0 Å². The van der Waals surface area contributed by atoms with Crippen molar-refractivity contribution < 1.29 is 22.8 Å². The Balaban J connectivity index is 1.86. The van der Waals surface area contributed by atoms with Crippen molar-refractivity contribution in [1.29, 1.82) is 0 Å². The first-order valence-electron chi connectivity index (χ1n) is 9.32. The Bertz CT molecular complexity index is 823. The van der Waals surface area contributed by atoms with E-state index in [1.54, 1.807) is 30.9 Å². The maximum atomic E-state index is 13.7. The number of rotatable bonds is 9. The zero-order valence-corrected chi connectivity index (χ0v) is 16.3. The molecular formula is C21H24F3N3O2. The molecule has 0 saturated heterocycles. The molecule has 0 bridgehead atoms. The molecule has 2 amide bonds. The number of carbonyl (C=O) groups is 2. The van der Waals surface area contributed by atoms with Crippen LogP contribution in [0.3, 0.4) is 0 Å². The van der Waals surface area contributed by atoms with E-state index >= 15 is 0 Å². The van der Waals surface area contributed by atoms with Gasteiger partial charge in [-0.05, 0) is 49.7 Å². The largest absolute Gasteiger partial charge is 0.354 e. The summed E-state index contributed by atoms with van der Waals surface area (Å²) in [7, 11) is 0. The van der Waals surface area contributed by atoms with E-state index in [1.165, 1.54) is 18.2 Å². The van der Waals surface area contributed by atoms with Crippen LogP contribution in [-0.4, -0.2) is 42.4 Å². The number of hydrogen-bond acceptors (Lipinski definition) is 3. The highest BCUT2D eigenvalue weighted by Crippen LogP contribution is 2.18. The molecular weight excluding hydrogens is 383 g/mol. The fourth-order valence-corrected chi connectivity index (χ4v) is 2.80. The summed E-state index contributed by atoms with van der Waals surface area (Å²) in [6.07, 6.45) is 0.540. The molecule has 0 aliphatic rings. The molecule has 0 aromatic heterocycles. The van der Waals surface area contributed by atoms with Gasteiger partial charge in [-0.25, -0.2) is 13.2 Å². The van der Waals surface area contributed by atoms with Crippen LogP contribution in [0.25, 0.3) is 0 Å². The van der Waals surface area contributed by atoms with Gasteiger partial charge in [0.25, 0.3) is 0 Å². The molecule has 2 N–H and O–H groups in total. The SMILES string of the molecule is CCN(CC(=O)Nc1c(F)cccc1F)C(C)C(=O)NCCc1ccc(F)cc1. The summed E-state index contributed by atoms with van der Waals surface area (Å²) < 4.78 is 40.2. The monoisotopic (exact) mass is 407 g/mol. The van der Waals surface area contributed by atoms with Crippen molar-refractivity contribution in [3.8, 4) is 0 Å². The second-order valence-corrected chi connectivity index (χ2v) is 6.55. The van der Waals surface area contributed by atoms with E-state index in [9.17, 15) is 22.8 Å². The Morgan fingerprint density at radius 3 is 2.24 bits per heavy atom. The van der Waals surface area contributed by atoms with E-state index in [2.05, 4.69) is 10.6 Å². The lowest BCUT2D eigenvalue weighted by atomic mass is 10.1. The average molecular weight is 407 g/mol. The van der Waals surface area contributed by atoms with Crippen LogP contribution in [0.1, 0.15) is 19.4 Å². The van der Waals surface area contributed by atoms with Crippen molar-refractivity contribution in [3.05, 3.63) is 65.5 Å². The van der Waals surface area contributed by atoms with Crippen LogP contribution >= 0.6 is 0 Å². The van der Waals surface area contributed by atoms with Crippen LogP contribution in [0.2, 0.25) is 0 Å². The van der Waals surface area contributed by atoms with Crippen molar-refractivity contribution in [1.82, 2.24) is 10.2 Å². The van der Waals surface area contributed by atoms with Gasteiger partial charge in [0.2, 0.25) is 11.8 Å². The third kappa shape index (κ3) is 6.60. The highest BCUT2D eigenvalue weighted by Gasteiger charge is 2.23. The molecule has 0 heterocycles. The fourth-order valence-electron chi connectivity index (χ4n) is 2.80. The first-order valence-corrected chi connectivity index (χ1v) is 9.32. The summed E-state index contributed by atoms with van der Waals surface area (Å²) in [5, 5.41) is 4.99. The molecule has 29 heavy (non-hydrogen) atoms. The Labute approximate surface area is 167 Å². The predicted molar refractivity (Wildman–Crippen MR) is 105 cm³/mol. The number of likely N-dealkylation sites (N-methyl/N-ethyl adjacent to an activating group) is 1. The first-order chi connectivity index (χ1) is 13.8. The van der Waals surface area contributed by atoms with Crippen LogP contribution in [0.4, 0.5) is 18.9 Å². The van der Waals surface area contributed by atoms with Crippen molar-refractivity contribution in [3.63, 3.8) is 0 Å².